The number of carbonyl (C=O) groups excluding carboxylic acids is 1. The first-order valence-corrected chi connectivity index (χ1v) is 7.88. The highest BCUT2D eigenvalue weighted by atomic mass is 19.1. The van der Waals surface area contributed by atoms with Crippen molar-refractivity contribution in [3.63, 3.8) is 0 Å². The molecule has 130 valence electrons. The number of aryl methyl sites for hydroxylation is 1. The summed E-state index contributed by atoms with van der Waals surface area (Å²) < 4.78 is 29.0. The molecule has 24 heavy (non-hydrogen) atoms. The molecular formula is C18H22FNO4. The van der Waals surface area contributed by atoms with Gasteiger partial charge < -0.3 is 19.2 Å². The predicted octanol–water partition coefficient (Wildman–Crippen LogP) is 3.08. The zero-order chi connectivity index (χ0) is 17.2. The SMILES string of the molecule is COc1ccc(CCC(=O)NCCCOCc2ccco2)cc1F. The van der Waals surface area contributed by atoms with E-state index in [1.807, 2.05) is 12.1 Å². The highest BCUT2D eigenvalue weighted by Crippen LogP contribution is 2.18. The van der Waals surface area contributed by atoms with Crippen molar-refractivity contribution in [2.24, 2.45) is 0 Å². The van der Waals surface area contributed by atoms with E-state index >= 15 is 0 Å². The van der Waals surface area contributed by atoms with E-state index in [1.165, 1.54) is 13.2 Å². The van der Waals surface area contributed by atoms with Crippen molar-refractivity contribution in [1.82, 2.24) is 5.32 Å². The number of ether oxygens (including phenoxy) is 2. The van der Waals surface area contributed by atoms with Crippen molar-refractivity contribution in [2.45, 2.75) is 25.9 Å². The maximum atomic E-state index is 13.6. The Labute approximate surface area is 140 Å². The first-order chi connectivity index (χ1) is 11.7. The molecule has 0 radical (unpaired) electrons. The monoisotopic (exact) mass is 335 g/mol. The number of halogens is 1. The molecule has 0 atom stereocenters. The number of furan rings is 1. The second-order valence-corrected chi connectivity index (χ2v) is 5.30. The third-order valence-electron chi connectivity index (χ3n) is 3.47. The molecule has 1 aromatic carbocycles. The van der Waals surface area contributed by atoms with E-state index in [0.29, 0.717) is 32.6 Å². The summed E-state index contributed by atoms with van der Waals surface area (Å²) >= 11 is 0. The van der Waals surface area contributed by atoms with E-state index in [0.717, 1.165) is 17.7 Å². The van der Waals surface area contributed by atoms with Crippen LogP contribution in [-0.4, -0.2) is 26.2 Å². The number of methoxy groups -OCH3 is 1. The molecule has 0 bridgehead atoms. The van der Waals surface area contributed by atoms with Crippen LogP contribution in [0.5, 0.6) is 5.75 Å². The van der Waals surface area contributed by atoms with Crippen molar-refractivity contribution < 1.29 is 23.1 Å². The van der Waals surface area contributed by atoms with E-state index in [4.69, 9.17) is 13.9 Å². The van der Waals surface area contributed by atoms with Gasteiger partial charge in [0.25, 0.3) is 0 Å². The first kappa shape index (κ1) is 18.0. The molecule has 2 rings (SSSR count). The normalized spacial score (nSPS) is 10.6. The van der Waals surface area contributed by atoms with Crippen molar-refractivity contribution in [3.05, 3.63) is 53.7 Å². The number of carbonyl (C=O) groups is 1. The van der Waals surface area contributed by atoms with Gasteiger partial charge in [-0.2, -0.15) is 0 Å². The van der Waals surface area contributed by atoms with Crippen molar-refractivity contribution in [3.8, 4) is 5.75 Å². The summed E-state index contributed by atoms with van der Waals surface area (Å²) in [7, 11) is 1.42. The summed E-state index contributed by atoms with van der Waals surface area (Å²) in [5.74, 6) is 0.518. The standard InChI is InChI=1S/C18H22FNO4/c1-22-17-7-5-14(12-16(17)19)6-8-18(21)20-9-3-10-23-13-15-4-2-11-24-15/h2,4-5,7,11-12H,3,6,8-10,13H2,1H3,(H,20,21). The topological polar surface area (TPSA) is 60.7 Å². The van der Waals surface area contributed by atoms with Crippen LogP contribution in [0.4, 0.5) is 4.39 Å². The fourth-order valence-electron chi connectivity index (χ4n) is 2.18. The Balaban J connectivity index is 1.55. The second kappa shape index (κ2) is 9.72. The number of hydrogen-bond acceptors (Lipinski definition) is 4. The molecule has 0 saturated heterocycles. The van der Waals surface area contributed by atoms with Gasteiger partial charge >= 0.3 is 0 Å². The van der Waals surface area contributed by atoms with Crippen molar-refractivity contribution >= 4 is 5.91 Å². The van der Waals surface area contributed by atoms with Gasteiger partial charge in [-0.3, -0.25) is 4.79 Å². The molecule has 0 aliphatic rings. The fourth-order valence-corrected chi connectivity index (χ4v) is 2.18. The summed E-state index contributed by atoms with van der Waals surface area (Å²) in [4.78, 5) is 11.8. The highest BCUT2D eigenvalue weighted by molar-refractivity contribution is 5.76. The van der Waals surface area contributed by atoms with Crippen LogP contribution in [-0.2, 0) is 22.6 Å². The van der Waals surface area contributed by atoms with Crippen LogP contribution in [0.1, 0.15) is 24.2 Å². The van der Waals surface area contributed by atoms with Gasteiger partial charge in [-0.05, 0) is 42.7 Å². The van der Waals surface area contributed by atoms with E-state index in [1.54, 1.807) is 18.4 Å². The van der Waals surface area contributed by atoms with E-state index in [-0.39, 0.29) is 11.7 Å². The summed E-state index contributed by atoms with van der Waals surface area (Å²) in [6, 6.07) is 8.39. The van der Waals surface area contributed by atoms with Crippen LogP contribution < -0.4 is 10.1 Å². The van der Waals surface area contributed by atoms with Crippen LogP contribution in [0.15, 0.2) is 41.0 Å². The van der Waals surface area contributed by atoms with Gasteiger partial charge in [-0.15, -0.1) is 0 Å². The molecule has 1 heterocycles. The van der Waals surface area contributed by atoms with Crippen LogP contribution in [0, 0.1) is 5.82 Å². The largest absolute Gasteiger partial charge is 0.494 e. The molecule has 1 aromatic heterocycles. The molecule has 6 heteroatoms. The zero-order valence-electron chi connectivity index (χ0n) is 13.7. The molecule has 2 aromatic rings. The number of benzene rings is 1. The van der Waals surface area contributed by atoms with Crippen LogP contribution in [0.25, 0.3) is 0 Å². The molecule has 0 aliphatic carbocycles. The molecule has 1 N–H and O–H groups in total. The number of rotatable bonds is 10. The smallest absolute Gasteiger partial charge is 0.220 e. The van der Waals surface area contributed by atoms with Crippen molar-refractivity contribution in [1.29, 1.82) is 0 Å². The lowest BCUT2D eigenvalue weighted by molar-refractivity contribution is -0.121. The van der Waals surface area contributed by atoms with Gasteiger partial charge in [-0.25, -0.2) is 4.39 Å². The maximum absolute atomic E-state index is 13.6. The Morgan fingerprint density at radius 3 is 2.92 bits per heavy atom. The lowest BCUT2D eigenvalue weighted by Gasteiger charge is -2.07. The van der Waals surface area contributed by atoms with Gasteiger partial charge in [0.15, 0.2) is 11.6 Å². The number of hydrogen-bond donors (Lipinski definition) is 1. The Morgan fingerprint density at radius 1 is 1.33 bits per heavy atom. The van der Waals surface area contributed by atoms with Crippen LogP contribution in [0.2, 0.25) is 0 Å². The minimum absolute atomic E-state index is 0.0581. The minimum atomic E-state index is -0.413. The second-order valence-electron chi connectivity index (χ2n) is 5.30. The number of nitrogens with one attached hydrogen (secondary N) is 1. The van der Waals surface area contributed by atoms with Crippen LogP contribution in [0.3, 0.4) is 0 Å². The molecule has 0 unspecified atom stereocenters. The number of amides is 1. The average molecular weight is 335 g/mol. The Hall–Kier alpha value is -2.34. The molecule has 5 nitrogen and oxygen atoms in total. The lowest BCUT2D eigenvalue weighted by atomic mass is 10.1. The third-order valence-corrected chi connectivity index (χ3v) is 3.47. The molecule has 0 spiro atoms. The van der Waals surface area contributed by atoms with Crippen molar-refractivity contribution in [2.75, 3.05) is 20.3 Å². The molecule has 1 amide bonds. The Kier molecular flexibility index (Phi) is 7.29. The summed E-state index contributed by atoms with van der Waals surface area (Å²) in [5.41, 5.74) is 0.769. The van der Waals surface area contributed by atoms with Gasteiger partial charge in [0, 0.05) is 19.6 Å². The summed E-state index contributed by atoms with van der Waals surface area (Å²) in [5, 5.41) is 2.82. The van der Waals surface area contributed by atoms with E-state index in [2.05, 4.69) is 5.32 Å². The molecule has 0 aliphatic heterocycles. The third kappa shape index (κ3) is 6.04. The maximum Gasteiger partial charge on any atom is 0.220 e. The van der Waals surface area contributed by atoms with Crippen LogP contribution >= 0.6 is 0 Å². The molecule has 0 saturated carbocycles. The minimum Gasteiger partial charge on any atom is -0.494 e. The predicted molar refractivity (Wildman–Crippen MR) is 87.3 cm³/mol. The Morgan fingerprint density at radius 2 is 2.21 bits per heavy atom. The van der Waals surface area contributed by atoms with E-state index < -0.39 is 5.82 Å². The fraction of sp³-hybridized carbons (Fsp3) is 0.389. The quantitative estimate of drug-likeness (QED) is 0.678. The lowest BCUT2D eigenvalue weighted by Crippen LogP contribution is -2.25. The van der Waals surface area contributed by atoms with Gasteiger partial charge in [0.2, 0.25) is 5.91 Å². The molecular weight excluding hydrogens is 313 g/mol. The molecule has 0 fully saturated rings. The highest BCUT2D eigenvalue weighted by Gasteiger charge is 2.06. The van der Waals surface area contributed by atoms with Gasteiger partial charge in [0.1, 0.15) is 12.4 Å². The average Bonchev–Trinajstić information content (AvgIpc) is 3.09. The van der Waals surface area contributed by atoms with E-state index in [9.17, 15) is 9.18 Å². The van der Waals surface area contributed by atoms with Gasteiger partial charge in [0.05, 0.1) is 13.4 Å². The Bertz CT molecular complexity index is 628. The zero-order valence-corrected chi connectivity index (χ0v) is 13.7. The summed E-state index contributed by atoms with van der Waals surface area (Å²) in [6.07, 6.45) is 3.14. The first-order valence-electron chi connectivity index (χ1n) is 7.88. The summed E-state index contributed by atoms with van der Waals surface area (Å²) in [6.45, 7) is 1.53. The van der Waals surface area contributed by atoms with Gasteiger partial charge in [-0.1, -0.05) is 6.07 Å².